The zero-order valence-corrected chi connectivity index (χ0v) is 12.9. The first-order chi connectivity index (χ1) is 11.8. The molecule has 0 spiro atoms. The van der Waals surface area contributed by atoms with Crippen LogP contribution in [0, 0.1) is 0 Å². The summed E-state index contributed by atoms with van der Waals surface area (Å²) in [7, 11) is 0. The minimum Gasteiger partial charge on any atom is -0.434 e. The first-order valence-corrected chi connectivity index (χ1v) is 7.71. The van der Waals surface area contributed by atoms with Crippen molar-refractivity contribution in [3.8, 4) is 34.2 Å². The highest BCUT2D eigenvalue weighted by molar-refractivity contribution is 5.77. The molecule has 2 aromatic carbocycles. The minimum absolute atomic E-state index is 0.396. The molecule has 2 heterocycles. The first kappa shape index (κ1) is 14.4. The summed E-state index contributed by atoms with van der Waals surface area (Å²) in [5, 5.41) is 7.23. The number of nitrogens with two attached hydrogens (primary N) is 1. The van der Waals surface area contributed by atoms with Crippen molar-refractivity contribution in [1.82, 2.24) is 15.2 Å². The van der Waals surface area contributed by atoms with Crippen molar-refractivity contribution < 1.29 is 4.42 Å². The second-order valence-corrected chi connectivity index (χ2v) is 5.41. The summed E-state index contributed by atoms with van der Waals surface area (Å²) in [5.74, 6) is 1.21. The van der Waals surface area contributed by atoms with Crippen LogP contribution in [0.4, 0.5) is 0 Å². The Morgan fingerprint density at radius 1 is 0.917 bits per heavy atom. The van der Waals surface area contributed by atoms with Gasteiger partial charge in [-0.25, -0.2) is 4.98 Å². The molecular formula is C19H16N4O. The first-order valence-electron chi connectivity index (χ1n) is 7.71. The molecule has 0 aliphatic rings. The molecule has 0 aliphatic carbocycles. The Morgan fingerprint density at radius 3 is 2.21 bits per heavy atom. The summed E-state index contributed by atoms with van der Waals surface area (Å²) in [5.41, 5.74) is 9.89. The van der Waals surface area contributed by atoms with Crippen molar-refractivity contribution in [2.45, 2.75) is 6.54 Å². The van der Waals surface area contributed by atoms with Gasteiger partial charge in [0.2, 0.25) is 5.89 Å². The number of aromatic amines is 1. The lowest BCUT2D eigenvalue weighted by molar-refractivity contribution is 0.586. The van der Waals surface area contributed by atoms with E-state index >= 15 is 0 Å². The zero-order valence-electron chi connectivity index (χ0n) is 12.9. The summed E-state index contributed by atoms with van der Waals surface area (Å²) in [6.07, 6.45) is 0. The van der Waals surface area contributed by atoms with Gasteiger partial charge in [-0.2, -0.15) is 5.10 Å². The quantitative estimate of drug-likeness (QED) is 0.599. The highest BCUT2D eigenvalue weighted by Gasteiger charge is 2.19. The highest BCUT2D eigenvalue weighted by atomic mass is 16.4. The van der Waals surface area contributed by atoms with E-state index in [1.807, 2.05) is 66.7 Å². The smallest absolute Gasteiger partial charge is 0.227 e. The predicted molar refractivity (Wildman–Crippen MR) is 92.8 cm³/mol. The average Bonchev–Trinajstić information content (AvgIpc) is 3.30. The van der Waals surface area contributed by atoms with E-state index in [4.69, 9.17) is 15.1 Å². The highest BCUT2D eigenvalue weighted by Crippen LogP contribution is 2.35. The van der Waals surface area contributed by atoms with Crippen molar-refractivity contribution in [1.29, 1.82) is 0 Å². The van der Waals surface area contributed by atoms with Gasteiger partial charge in [-0.15, -0.1) is 0 Å². The van der Waals surface area contributed by atoms with E-state index in [1.54, 1.807) is 0 Å². The maximum Gasteiger partial charge on any atom is 0.227 e. The van der Waals surface area contributed by atoms with Crippen molar-refractivity contribution in [3.05, 3.63) is 72.4 Å². The van der Waals surface area contributed by atoms with Gasteiger partial charge in [-0.3, -0.25) is 5.10 Å². The summed E-state index contributed by atoms with van der Waals surface area (Å²) < 4.78 is 6.06. The van der Waals surface area contributed by atoms with Gasteiger partial charge in [0, 0.05) is 23.4 Å². The maximum absolute atomic E-state index is 6.06. The normalized spacial score (nSPS) is 10.9. The summed E-state index contributed by atoms with van der Waals surface area (Å²) in [6, 6.07) is 21.7. The Balaban J connectivity index is 1.88. The molecule has 0 fully saturated rings. The van der Waals surface area contributed by atoms with Gasteiger partial charge >= 0.3 is 0 Å². The minimum atomic E-state index is 0.396. The van der Waals surface area contributed by atoms with E-state index < -0.39 is 0 Å². The van der Waals surface area contributed by atoms with E-state index in [1.165, 1.54) is 0 Å². The maximum atomic E-state index is 6.06. The van der Waals surface area contributed by atoms with E-state index in [9.17, 15) is 0 Å². The van der Waals surface area contributed by atoms with E-state index in [-0.39, 0.29) is 0 Å². The van der Waals surface area contributed by atoms with Gasteiger partial charge in [0.05, 0.1) is 0 Å². The second-order valence-electron chi connectivity index (χ2n) is 5.41. The molecule has 0 radical (unpaired) electrons. The molecule has 5 heteroatoms. The molecule has 0 aliphatic heterocycles. The van der Waals surface area contributed by atoms with Gasteiger partial charge in [0.15, 0.2) is 5.76 Å². The largest absolute Gasteiger partial charge is 0.434 e. The lowest BCUT2D eigenvalue weighted by atomic mass is 10.1. The summed E-state index contributed by atoms with van der Waals surface area (Å²) in [6.45, 7) is 0.396. The third-order valence-electron chi connectivity index (χ3n) is 3.78. The molecule has 24 heavy (non-hydrogen) atoms. The van der Waals surface area contributed by atoms with Gasteiger partial charge < -0.3 is 10.2 Å². The number of nitrogens with one attached hydrogen (secondary N) is 1. The molecule has 0 saturated carbocycles. The molecule has 4 aromatic rings. The molecule has 5 nitrogen and oxygen atoms in total. The zero-order chi connectivity index (χ0) is 16.4. The van der Waals surface area contributed by atoms with Crippen LogP contribution >= 0.6 is 0 Å². The number of rotatable bonds is 4. The third kappa shape index (κ3) is 2.61. The van der Waals surface area contributed by atoms with Crippen LogP contribution in [-0.2, 0) is 6.54 Å². The van der Waals surface area contributed by atoms with E-state index in [0.717, 1.165) is 22.5 Å². The average molecular weight is 316 g/mol. The third-order valence-corrected chi connectivity index (χ3v) is 3.78. The lowest BCUT2D eigenvalue weighted by Crippen LogP contribution is -1.95. The fourth-order valence-electron chi connectivity index (χ4n) is 2.57. The Labute approximate surface area is 139 Å². The second kappa shape index (κ2) is 6.14. The summed E-state index contributed by atoms with van der Waals surface area (Å²) >= 11 is 0. The topological polar surface area (TPSA) is 80.7 Å². The number of aromatic nitrogens is 3. The van der Waals surface area contributed by atoms with Gasteiger partial charge in [-0.05, 0) is 18.2 Å². The fourth-order valence-corrected chi connectivity index (χ4v) is 2.57. The SMILES string of the molecule is NCc1cc(-c2oc(-c3ccccc3)nc2-c2ccccc2)n[nH]1. The van der Waals surface area contributed by atoms with Gasteiger partial charge in [0.25, 0.3) is 0 Å². The number of oxazole rings is 1. The molecule has 0 atom stereocenters. The molecule has 2 aromatic heterocycles. The standard InChI is InChI=1S/C19H16N4O/c20-12-15-11-16(23-22-15)18-17(13-7-3-1-4-8-13)21-19(24-18)14-9-5-2-6-10-14/h1-11H,12,20H2,(H,22,23). The van der Waals surface area contributed by atoms with Crippen molar-refractivity contribution in [2.24, 2.45) is 5.73 Å². The number of benzene rings is 2. The Kier molecular flexibility index (Phi) is 3.69. The number of hydrogen-bond donors (Lipinski definition) is 2. The molecule has 4 rings (SSSR count). The van der Waals surface area contributed by atoms with Crippen LogP contribution in [0.25, 0.3) is 34.2 Å². The number of H-pyrrole nitrogens is 1. The Bertz CT molecular complexity index is 942. The van der Waals surface area contributed by atoms with Gasteiger partial charge in [-0.1, -0.05) is 48.5 Å². The van der Waals surface area contributed by atoms with Crippen LogP contribution in [0.15, 0.2) is 71.1 Å². The van der Waals surface area contributed by atoms with Crippen LogP contribution < -0.4 is 5.73 Å². The number of nitrogens with zero attached hydrogens (tertiary/aromatic N) is 2. The summed E-state index contributed by atoms with van der Waals surface area (Å²) in [4.78, 5) is 4.71. The van der Waals surface area contributed by atoms with Crippen LogP contribution in [0.3, 0.4) is 0 Å². The van der Waals surface area contributed by atoms with E-state index in [0.29, 0.717) is 23.9 Å². The molecule has 0 saturated heterocycles. The monoisotopic (exact) mass is 316 g/mol. The Hall–Kier alpha value is -3.18. The Morgan fingerprint density at radius 2 is 1.58 bits per heavy atom. The fraction of sp³-hybridized carbons (Fsp3) is 0.0526. The van der Waals surface area contributed by atoms with Crippen molar-refractivity contribution in [2.75, 3.05) is 0 Å². The lowest BCUT2D eigenvalue weighted by Gasteiger charge is -1.97. The predicted octanol–water partition coefficient (Wildman–Crippen LogP) is 3.86. The van der Waals surface area contributed by atoms with Crippen LogP contribution in [-0.4, -0.2) is 15.2 Å². The van der Waals surface area contributed by atoms with Gasteiger partial charge in [0.1, 0.15) is 11.4 Å². The molecule has 118 valence electrons. The van der Waals surface area contributed by atoms with E-state index in [2.05, 4.69) is 10.2 Å². The molecular weight excluding hydrogens is 300 g/mol. The van der Waals surface area contributed by atoms with Crippen molar-refractivity contribution in [3.63, 3.8) is 0 Å². The van der Waals surface area contributed by atoms with Crippen molar-refractivity contribution >= 4 is 0 Å². The molecule has 3 N–H and O–H groups in total. The molecule has 0 bridgehead atoms. The molecule has 0 unspecified atom stereocenters. The van der Waals surface area contributed by atoms with Crippen LogP contribution in [0.5, 0.6) is 0 Å². The van der Waals surface area contributed by atoms with Crippen LogP contribution in [0.1, 0.15) is 5.69 Å². The van der Waals surface area contributed by atoms with Crippen LogP contribution in [0.2, 0.25) is 0 Å². The molecule has 0 amide bonds. The number of hydrogen-bond acceptors (Lipinski definition) is 4.